The zero-order valence-electron chi connectivity index (χ0n) is 12.8. The summed E-state index contributed by atoms with van der Waals surface area (Å²) >= 11 is 0. The fourth-order valence-electron chi connectivity index (χ4n) is 2.91. The van der Waals surface area contributed by atoms with Gasteiger partial charge in [-0.1, -0.05) is 19.9 Å². The number of rotatable bonds is 4. The number of nitrogen functional groups attached to an aromatic ring is 1. The molecule has 0 unspecified atom stereocenters. The van der Waals surface area contributed by atoms with E-state index < -0.39 is 0 Å². The molecule has 0 aliphatic carbocycles. The number of aromatic nitrogens is 3. The van der Waals surface area contributed by atoms with Crippen LogP contribution in [-0.4, -0.2) is 21.3 Å². The van der Waals surface area contributed by atoms with Gasteiger partial charge in [-0.15, -0.1) is 0 Å². The third-order valence-corrected chi connectivity index (χ3v) is 3.89. The van der Waals surface area contributed by atoms with Gasteiger partial charge in [0.05, 0.1) is 6.54 Å². The van der Waals surface area contributed by atoms with Gasteiger partial charge in [0.1, 0.15) is 12.2 Å². The molecule has 112 valence electrons. The van der Waals surface area contributed by atoms with Crippen molar-refractivity contribution in [3.63, 3.8) is 0 Å². The maximum Gasteiger partial charge on any atom is 0.146 e. The zero-order valence-corrected chi connectivity index (χ0v) is 12.8. The SMILES string of the molecule is CC(C)Cn1ncnc1CN1CCCc2ccc(N)cc21. The van der Waals surface area contributed by atoms with E-state index in [1.807, 2.05) is 10.7 Å². The maximum absolute atomic E-state index is 5.95. The van der Waals surface area contributed by atoms with E-state index in [0.717, 1.165) is 37.6 Å². The van der Waals surface area contributed by atoms with Crippen molar-refractivity contribution in [2.24, 2.45) is 5.92 Å². The highest BCUT2D eigenvalue weighted by Gasteiger charge is 2.19. The predicted octanol–water partition coefficient (Wildman–Crippen LogP) is 2.47. The largest absolute Gasteiger partial charge is 0.399 e. The summed E-state index contributed by atoms with van der Waals surface area (Å²) in [7, 11) is 0. The minimum absolute atomic E-state index is 0.565. The molecule has 21 heavy (non-hydrogen) atoms. The van der Waals surface area contributed by atoms with Crippen LogP contribution in [0.25, 0.3) is 0 Å². The molecule has 1 aliphatic heterocycles. The number of nitrogens with zero attached hydrogens (tertiary/aromatic N) is 4. The highest BCUT2D eigenvalue weighted by Crippen LogP contribution is 2.30. The van der Waals surface area contributed by atoms with Crippen molar-refractivity contribution in [2.75, 3.05) is 17.2 Å². The molecule has 1 aromatic heterocycles. The van der Waals surface area contributed by atoms with Gasteiger partial charge >= 0.3 is 0 Å². The molecule has 5 nitrogen and oxygen atoms in total. The smallest absolute Gasteiger partial charge is 0.146 e. The Kier molecular flexibility index (Phi) is 3.82. The van der Waals surface area contributed by atoms with Gasteiger partial charge in [0.2, 0.25) is 0 Å². The summed E-state index contributed by atoms with van der Waals surface area (Å²) in [6.07, 6.45) is 3.96. The van der Waals surface area contributed by atoms with Gasteiger partial charge in [-0.2, -0.15) is 5.10 Å². The summed E-state index contributed by atoms with van der Waals surface area (Å²) < 4.78 is 2.02. The molecule has 2 aromatic rings. The van der Waals surface area contributed by atoms with Crippen molar-refractivity contribution in [1.29, 1.82) is 0 Å². The van der Waals surface area contributed by atoms with Gasteiger partial charge in [0.15, 0.2) is 0 Å². The lowest BCUT2D eigenvalue weighted by Gasteiger charge is -2.31. The summed E-state index contributed by atoms with van der Waals surface area (Å²) in [5.74, 6) is 1.59. The van der Waals surface area contributed by atoms with Gasteiger partial charge in [0.25, 0.3) is 0 Å². The van der Waals surface area contributed by atoms with Gasteiger partial charge in [0, 0.05) is 24.5 Å². The normalized spacial score (nSPS) is 14.5. The molecule has 0 radical (unpaired) electrons. The quantitative estimate of drug-likeness (QED) is 0.877. The van der Waals surface area contributed by atoms with Gasteiger partial charge in [-0.3, -0.25) is 0 Å². The van der Waals surface area contributed by atoms with Crippen molar-refractivity contribution in [3.8, 4) is 0 Å². The first kappa shape index (κ1) is 13.9. The Morgan fingerprint density at radius 2 is 2.19 bits per heavy atom. The minimum atomic E-state index is 0.565. The van der Waals surface area contributed by atoms with Gasteiger partial charge < -0.3 is 10.6 Å². The first-order valence-corrected chi connectivity index (χ1v) is 7.63. The fourth-order valence-corrected chi connectivity index (χ4v) is 2.91. The van der Waals surface area contributed by atoms with E-state index in [1.54, 1.807) is 6.33 Å². The Hall–Kier alpha value is -2.04. The van der Waals surface area contributed by atoms with Crippen LogP contribution in [-0.2, 0) is 19.5 Å². The topological polar surface area (TPSA) is 60.0 Å². The molecule has 5 heteroatoms. The second-order valence-corrected chi connectivity index (χ2v) is 6.17. The van der Waals surface area contributed by atoms with Crippen molar-refractivity contribution < 1.29 is 0 Å². The van der Waals surface area contributed by atoms with Crippen LogP contribution in [0, 0.1) is 5.92 Å². The number of aryl methyl sites for hydroxylation is 1. The Morgan fingerprint density at radius 1 is 1.33 bits per heavy atom. The monoisotopic (exact) mass is 285 g/mol. The molecule has 0 saturated carbocycles. The van der Waals surface area contributed by atoms with E-state index in [1.165, 1.54) is 17.7 Å². The molecular formula is C16H23N5. The van der Waals surface area contributed by atoms with Gasteiger partial charge in [-0.05, 0) is 36.5 Å². The summed E-state index contributed by atoms with van der Waals surface area (Å²) in [6, 6.07) is 6.22. The zero-order chi connectivity index (χ0) is 14.8. The Labute approximate surface area is 125 Å². The molecule has 3 rings (SSSR count). The lowest BCUT2D eigenvalue weighted by molar-refractivity contribution is 0.462. The highest BCUT2D eigenvalue weighted by molar-refractivity contribution is 5.62. The Balaban J connectivity index is 1.84. The first-order valence-electron chi connectivity index (χ1n) is 7.63. The molecule has 0 spiro atoms. The summed E-state index contributed by atoms with van der Waals surface area (Å²) in [6.45, 7) is 7.14. The number of hydrogen-bond acceptors (Lipinski definition) is 4. The highest BCUT2D eigenvalue weighted by atomic mass is 15.3. The van der Waals surface area contributed by atoms with E-state index in [0.29, 0.717) is 5.92 Å². The van der Waals surface area contributed by atoms with Crippen molar-refractivity contribution >= 4 is 11.4 Å². The van der Waals surface area contributed by atoms with Crippen LogP contribution in [0.5, 0.6) is 0 Å². The maximum atomic E-state index is 5.95. The van der Waals surface area contributed by atoms with Gasteiger partial charge in [-0.25, -0.2) is 9.67 Å². The number of anilines is 2. The van der Waals surface area contributed by atoms with E-state index in [9.17, 15) is 0 Å². The average molecular weight is 285 g/mol. The molecule has 0 amide bonds. The molecule has 1 aromatic carbocycles. The van der Waals surface area contributed by atoms with Crippen LogP contribution >= 0.6 is 0 Å². The third kappa shape index (κ3) is 3.01. The average Bonchev–Trinajstić information content (AvgIpc) is 2.86. The minimum Gasteiger partial charge on any atom is -0.399 e. The predicted molar refractivity (Wildman–Crippen MR) is 85.1 cm³/mol. The molecule has 2 N–H and O–H groups in total. The third-order valence-electron chi connectivity index (χ3n) is 3.89. The van der Waals surface area contributed by atoms with E-state index in [-0.39, 0.29) is 0 Å². The Bertz CT molecular complexity index is 617. The van der Waals surface area contributed by atoms with Crippen LogP contribution in [0.15, 0.2) is 24.5 Å². The molecule has 0 atom stereocenters. The second kappa shape index (κ2) is 5.76. The lowest BCUT2D eigenvalue weighted by Crippen LogP contribution is -2.30. The van der Waals surface area contributed by atoms with Crippen LogP contribution in [0.3, 0.4) is 0 Å². The molecular weight excluding hydrogens is 262 g/mol. The number of hydrogen-bond donors (Lipinski definition) is 1. The van der Waals surface area contributed by atoms with Crippen LogP contribution in [0.4, 0.5) is 11.4 Å². The summed E-state index contributed by atoms with van der Waals surface area (Å²) in [5.41, 5.74) is 9.41. The molecule has 0 saturated heterocycles. The molecule has 0 bridgehead atoms. The van der Waals surface area contributed by atoms with Crippen LogP contribution in [0.1, 0.15) is 31.7 Å². The van der Waals surface area contributed by atoms with Crippen molar-refractivity contribution in [2.45, 2.75) is 39.8 Å². The summed E-state index contributed by atoms with van der Waals surface area (Å²) in [4.78, 5) is 6.81. The molecule has 0 fully saturated rings. The van der Waals surface area contributed by atoms with Crippen molar-refractivity contribution in [3.05, 3.63) is 35.9 Å². The summed E-state index contributed by atoms with van der Waals surface area (Å²) in [5, 5.41) is 4.35. The van der Waals surface area contributed by atoms with Crippen LogP contribution in [0.2, 0.25) is 0 Å². The molecule has 1 aliphatic rings. The van der Waals surface area contributed by atoms with Crippen LogP contribution < -0.4 is 10.6 Å². The van der Waals surface area contributed by atoms with Crippen molar-refractivity contribution in [1.82, 2.24) is 14.8 Å². The number of nitrogens with two attached hydrogens (primary N) is 1. The second-order valence-electron chi connectivity index (χ2n) is 6.17. The fraction of sp³-hybridized carbons (Fsp3) is 0.500. The number of fused-ring (bicyclic) bond motifs is 1. The standard InChI is InChI=1S/C16H23N5/c1-12(2)9-21-16(18-11-19-21)10-20-7-3-4-13-5-6-14(17)8-15(13)20/h5-6,8,11-12H,3-4,7,9-10,17H2,1-2H3. The number of benzene rings is 1. The molecule has 2 heterocycles. The Morgan fingerprint density at radius 3 is 3.00 bits per heavy atom. The van der Waals surface area contributed by atoms with E-state index in [2.05, 4.69) is 41.0 Å². The first-order chi connectivity index (χ1) is 10.1. The van der Waals surface area contributed by atoms with E-state index >= 15 is 0 Å². The van der Waals surface area contributed by atoms with E-state index in [4.69, 9.17) is 5.73 Å². The lowest BCUT2D eigenvalue weighted by atomic mass is 10.0.